The quantitative estimate of drug-likeness (QED) is 0.915. The number of carbonyl (C=O) groups is 1. The first kappa shape index (κ1) is 16.7. The van der Waals surface area contributed by atoms with Crippen molar-refractivity contribution in [2.24, 2.45) is 13.0 Å². The molecule has 0 aliphatic rings. The third-order valence-corrected chi connectivity index (χ3v) is 3.62. The van der Waals surface area contributed by atoms with Crippen LogP contribution in [0.4, 0.5) is 0 Å². The largest absolute Gasteiger partial charge is 0.497 e. The van der Waals surface area contributed by atoms with E-state index in [0.717, 1.165) is 16.0 Å². The lowest BCUT2D eigenvalue weighted by molar-refractivity contribution is 0.0918. The number of carbonyl (C=O) groups excluding carboxylic acids is 1. The number of benzene rings is 1. The minimum absolute atomic E-state index is 0.160. The van der Waals surface area contributed by atoms with Gasteiger partial charge in [0, 0.05) is 13.1 Å². The Morgan fingerprint density at radius 1 is 1.17 bits per heavy atom. The summed E-state index contributed by atoms with van der Waals surface area (Å²) in [6.07, 6.45) is 0. The van der Waals surface area contributed by atoms with Gasteiger partial charge >= 0.3 is 0 Å². The molecular formula is C17H21N3O3. The Labute approximate surface area is 135 Å². The first-order valence-corrected chi connectivity index (χ1v) is 7.41. The summed E-state index contributed by atoms with van der Waals surface area (Å²) in [5.41, 5.74) is 0.947. The molecule has 6 heteroatoms. The van der Waals surface area contributed by atoms with Crippen molar-refractivity contribution in [1.29, 1.82) is 0 Å². The molecule has 1 heterocycles. The van der Waals surface area contributed by atoms with E-state index in [2.05, 4.69) is 10.4 Å². The van der Waals surface area contributed by atoms with Crippen LogP contribution in [0.25, 0.3) is 0 Å². The van der Waals surface area contributed by atoms with Crippen molar-refractivity contribution in [3.8, 4) is 5.75 Å². The standard InChI is InChI=1S/C17H21N3O3/c1-11(2)16(12-5-7-13(23-4)8-6-12)18-17(22)14-9-10-15(21)20(3)19-14/h5-11,16H,1-4H3,(H,18,22). The monoisotopic (exact) mass is 315 g/mol. The molecule has 0 saturated carbocycles. The topological polar surface area (TPSA) is 73.2 Å². The molecule has 2 rings (SSSR count). The van der Waals surface area contributed by atoms with Gasteiger partial charge in [-0.15, -0.1) is 0 Å². The Morgan fingerprint density at radius 2 is 1.83 bits per heavy atom. The molecule has 1 atom stereocenters. The van der Waals surface area contributed by atoms with Crippen LogP contribution in [0, 0.1) is 5.92 Å². The number of nitrogens with zero attached hydrogens (tertiary/aromatic N) is 2. The molecule has 122 valence electrons. The fourth-order valence-electron chi connectivity index (χ4n) is 2.28. The van der Waals surface area contributed by atoms with Crippen LogP contribution >= 0.6 is 0 Å². The molecule has 1 amide bonds. The fourth-order valence-corrected chi connectivity index (χ4v) is 2.28. The summed E-state index contributed by atoms with van der Waals surface area (Å²) in [6, 6.07) is 10.2. The summed E-state index contributed by atoms with van der Waals surface area (Å²) in [5, 5.41) is 6.95. The van der Waals surface area contributed by atoms with E-state index in [1.165, 1.54) is 19.2 Å². The number of hydrogen-bond acceptors (Lipinski definition) is 4. The number of amides is 1. The number of aryl methyl sites for hydroxylation is 1. The second-order valence-corrected chi connectivity index (χ2v) is 5.65. The molecule has 2 aromatic rings. The average Bonchev–Trinajstić information content (AvgIpc) is 2.54. The summed E-state index contributed by atoms with van der Waals surface area (Å²) in [5.74, 6) is 0.650. The van der Waals surface area contributed by atoms with E-state index >= 15 is 0 Å². The van der Waals surface area contributed by atoms with Gasteiger partial charge in [0.15, 0.2) is 0 Å². The van der Waals surface area contributed by atoms with E-state index in [4.69, 9.17) is 4.74 Å². The van der Waals surface area contributed by atoms with Crippen LogP contribution in [-0.4, -0.2) is 22.8 Å². The molecule has 1 N–H and O–H groups in total. The second-order valence-electron chi connectivity index (χ2n) is 5.65. The van der Waals surface area contributed by atoms with E-state index in [0.29, 0.717) is 0 Å². The maximum Gasteiger partial charge on any atom is 0.272 e. The van der Waals surface area contributed by atoms with Crippen LogP contribution in [-0.2, 0) is 7.05 Å². The van der Waals surface area contributed by atoms with Gasteiger partial charge in [-0.1, -0.05) is 26.0 Å². The number of nitrogens with one attached hydrogen (secondary N) is 1. The van der Waals surface area contributed by atoms with Gasteiger partial charge in [-0.25, -0.2) is 4.68 Å². The highest BCUT2D eigenvalue weighted by atomic mass is 16.5. The second kappa shape index (κ2) is 7.09. The van der Waals surface area contributed by atoms with Crippen molar-refractivity contribution in [2.75, 3.05) is 7.11 Å². The third kappa shape index (κ3) is 3.97. The lowest BCUT2D eigenvalue weighted by Gasteiger charge is -2.23. The molecule has 0 spiro atoms. The Bertz CT molecular complexity index is 735. The van der Waals surface area contributed by atoms with Crippen molar-refractivity contribution < 1.29 is 9.53 Å². The zero-order valence-electron chi connectivity index (χ0n) is 13.7. The number of aromatic nitrogens is 2. The molecule has 0 fully saturated rings. The normalized spacial score (nSPS) is 12.0. The van der Waals surface area contributed by atoms with Crippen LogP contribution < -0.4 is 15.6 Å². The Morgan fingerprint density at radius 3 is 2.35 bits per heavy atom. The molecule has 0 radical (unpaired) electrons. The summed E-state index contributed by atoms with van der Waals surface area (Å²) in [6.45, 7) is 4.06. The molecule has 6 nitrogen and oxygen atoms in total. The van der Waals surface area contributed by atoms with Crippen LogP contribution in [0.5, 0.6) is 5.75 Å². The maximum atomic E-state index is 12.4. The number of hydrogen-bond donors (Lipinski definition) is 1. The molecule has 1 unspecified atom stereocenters. The zero-order valence-corrected chi connectivity index (χ0v) is 13.7. The third-order valence-electron chi connectivity index (χ3n) is 3.62. The van der Waals surface area contributed by atoms with Gasteiger partial charge in [-0.3, -0.25) is 9.59 Å². The van der Waals surface area contributed by atoms with E-state index in [1.54, 1.807) is 7.11 Å². The minimum Gasteiger partial charge on any atom is -0.497 e. The van der Waals surface area contributed by atoms with Crippen LogP contribution in [0.15, 0.2) is 41.2 Å². The van der Waals surface area contributed by atoms with Crippen molar-refractivity contribution >= 4 is 5.91 Å². The first-order valence-electron chi connectivity index (χ1n) is 7.41. The molecule has 0 aliphatic heterocycles. The zero-order chi connectivity index (χ0) is 17.0. The Balaban J connectivity index is 2.22. The highest BCUT2D eigenvalue weighted by Crippen LogP contribution is 2.24. The van der Waals surface area contributed by atoms with Crippen molar-refractivity contribution in [3.05, 3.63) is 58.0 Å². The van der Waals surface area contributed by atoms with Crippen LogP contribution in [0.2, 0.25) is 0 Å². The van der Waals surface area contributed by atoms with Gasteiger partial charge in [-0.2, -0.15) is 5.10 Å². The van der Waals surface area contributed by atoms with E-state index < -0.39 is 0 Å². The maximum absolute atomic E-state index is 12.4. The fraction of sp³-hybridized carbons (Fsp3) is 0.353. The molecule has 23 heavy (non-hydrogen) atoms. The molecule has 1 aromatic carbocycles. The average molecular weight is 315 g/mol. The summed E-state index contributed by atoms with van der Waals surface area (Å²) >= 11 is 0. The van der Waals surface area contributed by atoms with Gasteiger partial charge < -0.3 is 10.1 Å². The van der Waals surface area contributed by atoms with E-state index in [1.807, 2.05) is 38.1 Å². The summed E-state index contributed by atoms with van der Waals surface area (Å²) in [4.78, 5) is 23.8. The lowest BCUT2D eigenvalue weighted by Crippen LogP contribution is -2.33. The smallest absolute Gasteiger partial charge is 0.272 e. The predicted molar refractivity (Wildman–Crippen MR) is 87.5 cm³/mol. The summed E-state index contributed by atoms with van der Waals surface area (Å²) < 4.78 is 6.30. The predicted octanol–water partition coefficient (Wildman–Crippen LogP) is 1.92. The van der Waals surface area contributed by atoms with E-state index in [9.17, 15) is 9.59 Å². The lowest BCUT2D eigenvalue weighted by atomic mass is 9.96. The minimum atomic E-state index is -0.310. The molecule has 0 aliphatic carbocycles. The molecule has 0 bridgehead atoms. The van der Waals surface area contributed by atoms with Crippen LogP contribution in [0.1, 0.15) is 35.9 Å². The Kier molecular flexibility index (Phi) is 5.16. The van der Waals surface area contributed by atoms with Gasteiger partial charge in [0.2, 0.25) is 0 Å². The molecular weight excluding hydrogens is 294 g/mol. The SMILES string of the molecule is COc1ccc(C(NC(=O)c2ccc(=O)n(C)n2)C(C)C)cc1. The Hall–Kier alpha value is -2.63. The first-order chi connectivity index (χ1) is 10.9. The van der Waals surface area contributed by atoms with Crippen molar-refractivity contribution in [1.82, 2.24) is 15.1 Å². The van der Waals surface area contributed by atoms with Gasteiger partial charge in [0.05, 0.1) is 13.2 Å². The number of methoxy groups -OCH3 is 1. The molecule has 1 aromatic heterocycles. The highest BCUT2D eigenvalue weighted by Gasteiger charge is 2.20. The van der Waals surface area contributed by atoms with Crippen LogP contribution in [0.3, 0.4) is 0 Å². The van der Waals surface area contributed by atoms with Gasteiger partial charge in [0.1, 0.15) is 11.4 Å². The van der Waals surface area contributed by atoms with Crippen molar-refractivity contribution in [3.63, 3.8) is 0 Å². The van der Waals surface area contributed by atoms with E-state index in [-0.39, 0.29) is 29.1 Å². The number of ether oxygens (including phenoxy) is 1. The van der Waals surface area contributed by atoms with Crippen molar-refractivity contribution in [2.45, 2.75) is 19.9 Å². The molecule has 0 saturated heterocycles. The van der Waals surface area contributed by atoms with Gasteiger partial charge in [-0.05, 0) is 29.7 Å². The number of rotatable bonds is 5. The van der Waals surface area contributed by atoms with Gasteiger partial charge in [0.25, 0.3) is 11.5 Å². The summed E-state index contributed by atoms with van der Waals surface area (Å²) in [7, 11) is 3.13. The highest BCUT2D eigenvalue weighted by molar-refractivity contribution is 5.92.